The van der Waals surface area contributed by atoms with E-state index in [9.17, 15) is 0 Å². The van der Waals surface area contributed by atoms with Crippen LogP contribution in [-0.2, 0) is 13.0 Å². The molecule has 0 saturated carbocycles. The molecule has 4 nitrogen and oxygen atoms in total. The summed E-state index contributed by atoms with van der Waals surface area (Å²) in [6, 6.07) is 14.1. The van der Waals surface area contributed by atoms with Crippen LogP contribution in [0.4, 0.5) is 0 Å². The highest BCUT2D eigenvalue weighted by molar-refractivity contribution is 6.31. The fourth-order valence-corrected chi connectivity index (χ4v) is 3.40. The Morgan fingerprint density at radius 3 is 2.41 bits per heavy atom. The Morgan fingerprint density at radius 2 is 1.78 bits per heavy atom. The molecule has 0 radical (unpaired) electrons. The highest BCUT2D eigenvalue weighted by atomic mass is 35.5. The maximum Gasteiger partial charge on any atom is 0.118 e. The fourth-order valence-electron chi connectivity index (χ4n) is 3.24. The van der Waals surface area contributed by atoms with Gasteiger partial charge in [0.25, 0.3) is 0 Å². The Kier molecular flexibility index (Phi) is 7.96. The number of hydrogen-bond donors (Lipinski definition) is 0. The van der Waals surface area contributed by atoms with Crippen molar-refractivity contribution < 1.29 is 4.74 Å². The minimum absolute atomic E-state index is 0. The van der Waals surface area contributed by atoms with Crippen molar-refractivity contribution in [1.82, 2.24) is 14.5 Å². The van der Waals surface area contributed by atoms with Crippen molar-refractivity contribution in [1.29, 1.82) is 0 Å². The SMILES string of the molecule is CCN(CC)CCn1c(Cc2ccc(OC)cc2)nc2ccc(Cl)cc21.Cl. The summed E-state index contributed by atoms with van der Waals surface area (Å²) < 4.78 is 7.56. The number of halogens is 2. The lowest BCUT2D eigenvalue weighted by Crippen LogP contribution is -2.27. The van der Waals surface area contributed by atoms with Gasteiger partial charge in [-0.2, -0.15) is 0 Å². The van der Waals surface area contributed by atoms with Crippen molar-refractivity contribution in [2.75, 3.05) is 26.7 Å². The van der Waals surface area contributed by atoms with Crippen LogP contribution in [0, 0.1) is 0 Å². The van der Waals surface area contributed by atoms with E-state index < -0.39 is 0 Å². The molecule has 0 amide bonds. The van der Waals surface area contributed by atoms with Crippen molar-refractivity contribution in [3.8, 4) is 5.75 Å². The van der Waals surface area contributed by atoms with E-state index in [1.54, 1.807) is 7.11 Å². The van der Waals surface area contributed by atoms with Gasteiger partial charge in [-0.25, -0.2) is 4.98 Å². The van der Waals surface area contributed by atoms with Crippen LogP contribution in [0.1, 0.15) is 25.2 Å². The zero-order chi connectivity index (χ0) is 18.5. The van der Waals surface area contributed by atoms with Crippen molar-refractivity contribution in [2.45, 2.75) is 26.8 Å². The van der Waals surface area contributed by atoms with Crippen molar-refractivity contribution in [2.24, 2.45) is 0 Å². The number of aromatic nitrogens is 2. The van der Waals surface area contributed by atoms with Gasteiger partial charge in [-0.1, -0.05) is 37.6 Å². The van der Waals surface area contributed by atoms with E-state index in [4.69, 9.17) is 21.3 Å². The Morgan fingerprint density at radius 1 is 1.07 bits per heavy atom. The van der Waals surface area contributed by atoms with Gasteiger partial charge in [-0.3, -0.25) is 0 Å². The summed E-state index contributed by atoms with van der Waals surface area (Å²) in [4.78, 5) is 7.30. The molecule has 3 aromatic rings. The zero-order valence-electron chi connectivity index (χ0n) is 16.1. The third-order valence-corrected chi connectivity index (χ3v) is 5.08. The van der Waals surface area contributed by atoms with Crippen LogP contribution in [0.2, 0.25) is 5.02 Å². The Labute approximate surface area is 172 Å². The van der Waals surface area contributed by atoms with E-state index in [-0.39, 0.29) is 12.4 Å². The molecule has 0 aliphatic heterocycles. The lowest BCUT2D eigenvalue weighted by molar-refractivity contribution is 0.291. The lowest BCUT2D eigenvalue weighted by atomic mass is 10.1. The van der Waals surface area contributed by atoms with Crippen LogP contribution in [0.25, 0.3) is 11.0 Å². The number of imidazole rings is 1. The van der Waals surface area contributed by atoms with E-state index in [1.807, 2.05) is 30.3 Å². The van der Waals surface area contributed by atoms with E-state index in [0.29, 0.717) is 0 Å². The second-order valence-electron chi connectivity index (χ2n) is 6.36. The molecular weight excluding hydrogens is 381 g/mol. The molecule has 0 saturated heterocycles. The largest absolute Gasteiger partial charge is 0.497 e. The first kappa shape index (κ1) is 21.5. The van der Waals surface area contributed by atoms with Crippen LogP contribution in [-0.4, -0.2) is 41.2 Å². The normalized spacial score (nSPS) is 11.0. The first-order valence-corrected chi connectivity index (χ1v) is 9.52. The fraction of sp³-hybridized carbons (Fsp3) is 0.381. The monoisotopic (exact) mass is 407 g/mol. The molecule has 3 rings (SSSR count). The number of likely N-dealkylation sites (N-methyl/N-ethyl adjacent to an activating group) is 1. The molecule has 0 unspecified atom stereocenters. The molecular formula is C21H27Cl2N3O. The summed E-state index contributed by atoms with van der Waals surface area (Å²) in [5, 5.41) is 0.748. The number of benzene rings is 2. The first-order chi connectivity index (χ1) is 12.6. The number of rotatable bonds is 8. The number of nitrogens with zero attached hydrogens (tertiary/aromatic N) is 3. The minimum atomic E-state index is 0. The Hall–Kier alpha value is -1.75. The number of hydrogen-bond acceptors (Lipinski definition) is 3. The summed E-state index contributed by atoms with van der Waals surface area (Å²) >= 11 is 6.25. The molecule has 0 spiro atoms. The maximum atomic E-state index is 6.25. The molecule has 0 aliphatic rings. The standard InChI is InChI=1S/C21H26ClN3O.ClH/c1-4-24(5-2)12-13-25-20-15-17(22)8-11-19(20)23-21(25)14-16-6-9-18(26-3)10-7-16;/h6-11,15H,4-5,12-14H2,1-3H3;1H. The van der Waals surface area contributed by atoms with Gasteiger partial charge in [0.15, 0.2) is 0 Å². The average molecular weight is 408 g/mol. The summed E-state index contributed by atoms with van der Waals surface area (Å²) in [7, 11) is 1.69. The van der Waals surface area contributed by atoms with Crippen LogP contribution >= 0.6 is 24.0 Å². The van der Waals surface area contributed by atoms with Gasteiger partial charge < -0.3 is 14.2 Å². The predicted molar refractivity (Wildman–Crippen MR) is 116 cm³/mol. The molecule has 1 heterocycles. The molecule has 146 valence electrons. The zero-order valence-corrected chi connectivity index (χ0v) is 17.7. The van der Waals surface area contributed by atoms with Gasteiger partial charge in [0.05, 0.1) is 18.1 Å². The van der Waals surface area contributed by atoms with Crippen molar-refractivity contribution >= 4 is 35.0 Å². The van der Waals surface area contributed by atoms with E-state index in [0.717, 1.165) is 60.2 Å². The second kappa shape index (κ2) is 9.98. The quantitative estimate of drug-likeness (QED) is 0.522. The van der Waals surface area contributed by atoms with Crippen LogP contribution in [0.5, 0.6) is 5.75 Å². The second-order valence-corrected chi connectivity index (χ2v) is 6.80. The Balaban J connectivity index is 0.00000261. The van der Waals surface area contributed by atoms with Crippen molar-refractivity contribution in [3.63, 3.8) is 0 Å². The lowest BCUT2D eigenvalue weighted by Gasteiger charge is -2.19. The summed E-state index contributed by atoms with van der Waals surface area (Å²) in [6.07, 6.45) is 0.786. The topological polar surface area (TPSA) is 30.3 Å². The maximum absolute atomic E-state index is 6.25. The molecule has 0 bridgehead atoms. The van der Waals surface area contributed by atoms with Crippen LogP contribution in [0.3, 0.4) is 0 Å². The van der Waals surface area contributed by atoms with Gasteiger partial charge in [0, 0.05) is 24.5 Å². The number of methoxy groups -OCH3 is 1. The summed E-state index contributed by atoms with van der Waals surface area (Å²) in [6.45, 7) is 8.41. The highest BCUT2D eigenvalue weighted by Gasteiger charge is 2.13. The third kappa shape index (κ3) is 5.16. The van der Waals surface area contributed by atoms with Gasteiger partial charge in [0.1, 0.15) is 11.6 Å². The first-order valence-electron chi connectivity index (χ1n) is 9.14. The minimum Gasteiger partial charge on any atom is -0.497 e. The summed E-state index contributed by atoms with van der Waals surface area (Å²) in [5.74, 6) is 1.94. The van der Waals surface area contributed by atoms with Gasteiger partial charge in [0.2, 0.25) is 0 Å². The summed E-state index contributed by atoms with van der Waals surface area (Å²) in [5.41, 5.74) is 3.32. The molecule has 27 heavy (non-hydrogen) atoms. The molecule has 6 heteroatoms. The average Bonchev–Trinajstić information content (AvgIpc) is 2.99. The number of fused-ring (bicyclic) bond motifs is 1. The van der Waals surface area contributed by atoms with E-state index >= 15 is 0 Å². The van der Waals surface area contributed by atoms with Gasteiger partial charge >= 0.3 is 0 Å². The number of ether oxygens (including phenoxy) is 1. The van der Waals surface area contributed by atoms with Crippen LogP contribution in [0.15, 0.2) is 42.5 Å². The van der Waals surface area contributed by atoms with E-state index in [1.165, 1.54) is 5.56 Å². The van der Waals surface area contributed by atoms with Crippen LogP contribution < -0.4 is 4.74 Å². The van der Waals surface area contributed by atoms with Gasteiger partial charge in [-0.05, 0) is 49.0 Å². The smallest absolute Gasteiger partial charge is 0.118 e. The molecule has 0 N–H and O–H groups in total. The van der Waals surface area contributed by atoms with E-state index in [2.05, 4.69) is 35.4 Å². The van der Waals surface area contributed by atoms with Crippen molar-refractivity contribution in [3.05, 3.63) is 58.9 Å². The molecule has 0 fully saturated rings. The highest BCUT2D eigenvalue weighted by Crippen LogP contribution is 2.23. The third-order valence-electron chi connectivity index (χ3n) is 4.84. The molecule has 2 aromatic carbocycles. The molecule has 0 atom stereocenters. The Bertz CT molecular complexity index is 858. The molecule has 1 aromatic heterocycles. The predicted octanol–water partition coefficient (Wildman–Crippen LogP) is 5.05. The molecule has 0 aliphatic carbocycles. The van der Waals surface area contributed by atoms with Gasteiger partial charge in [-0.15, -0.1) is 12.4 Å².